The predicted molar refractivity (Wildman–Crippen MR) is 240 cm³/mol. The van der Waals surface area contributed by atoms with E-state index in [4.69, 9.17) is 15.0 Å². The van der Waals surface area contributed by atoms with Gasteiger partial charge in [0.25, 0.3) is 0 Å². The maximum Gasteiger partial charge on any atom is 0.164 e. The summed E-state index contributed by atoms with van der Waals surface area (Å²) in [5.74, 6) is 1.95. The zero-order valence-electron chi connectivity index (χ0n) is 30.8. The average molecular weight is 744 g/mol. The van der Waals surface area contributed by atoms with Crippen LogP contribution in [-0.4, -0.2) is 15.0 Å². The van der Waals surface area contributed by atoms with Crippen LogP contribution in [0, 0.1) is 0 Å². The van der Waals surface area contributed by atoms with E-state index in [-0.39, 0.29) is 0 Å². The molecule has 0 aliphatic heterocycles. The zero-order valence-corrected chi connectivity index (χ0v) is 31.6. The Morgan fingerprint density at radius 1 is 0.298 bits per heavy atom. The Morgan fingerprint density at radius 2 is 0.807 bits per heavy atom. The molecule has 266 valence electrons. The maximum absolute atomic E-state index is 4.99. The van der Waals surface area contributed by atoms with Crippen LogP contribution < -0.4 is 0 Å². The molecule has 0 atom stereocenters. The van der Waals surface area contributed by atoms with E-state index in [2.05, 4.69) is 140 Å². The quantitative estimate of drug-likeness (QED) is 0.159. The van der Waals surface area contributed by atoms with Gasteiger partial charge in [-0.3, -0.25) is 0 Å². The van der Waals surface area contributed by atoms with Gasteiger partial charge in [0.1, 0.15) is 0 Å². The van der Waals surface area contributed by atoms with E-state index in [0.29, 0.717) is 17.5 Å². The second-order valence-electron chi connectivity index (χ2n) is 14.4. The minimum atomic E-state index is 0.645. The van der Waals surface area contributed by atoms with Gasteiger partial charge in [-0.25, -0.2) is 15.0 Å². The molecule has 2 heterocycles. The highest BCUT2D eigenvalue weighted by atomic mass is 32.1. The number of nitrogens with zero attached hydrogens (tertiary/aromatic N) is 3. The topological polar surface area (TPSA) is 38.7 Å². The van der Waals surface area contributed by atoms with Crippen LogP contribution in [0.2, 0.25) is 0 Å². The zero-order chi connectivity index (χ0) is 37.7. The predicted octanol–water partition coefficient (Wildman–Crippen LogP) is 14.5. The summed E-state index contributed by atoms with van der Waals surface area (Å²) in [5, 5.41) is 7.64. The Morgan fingerprint density at radius 3 is 1.51 bits per heavy atom. The Hall–Kier alpha value is -7.27. The Kier molecular flexibility index (Phi) is 8.01. The summed E-state index contributed by atoms with van der Waals surface area (Å²) in [6.45, 7) is 0. The van der Waals surface area contributed by atoms with E-state index in [9.17, 15) is 0 Å². The molecule has 0 spiro atoms. The van der Waals surface area contributed by atoms with Crippen molar-refractivity contribution in [2.75, 3.05) is 0 Å². The smallest absolute Gasteiger partial charge is 0.164 e. The van der Waals surface area contributed by atoms with E-state index in [1.54, 1.807) is 0 Å². The van der Waals surface area contributed by atoms with Gasteiger partial charge in [-0.1, -0.05) is 182 Å². The molecule has 9 aromatic carbocycles. The van der Waals surface area contributed by atoms with Gasteiger partial charge in [-0.05, 0) is 73.1 Å². The third-order valence-corrected chi connectivity index (χ3v) is 12.1. The molecule has 57 heavy (non-hydrogen) atoms. The Labute approximate surface area is 334 Å². The molecule has 11 aromatic rings. The second-order valence-corrected chi connectivity index (χ2v) is 15.5. The number of hydrogen-bond acceptors (Lipinski definition) is 4. The molecule has 0 amide bonds. The lowest BCUT2D eigenvalue weighted by atomic mass is 9.89. The van der Waals surface area contributed by atoms with Gasteiger partial charge in [0, 0.05) is 36.9 Å². The first-order valence-electron chi connectivity index (χ1n) is 19.2. The number of thiophene rings is 1. The largest absolute Gasteiger partial charge is 0.208 e. The van der Waals surface area contributed by atoms with Crippen LogP contribution in [0.5, 0.6) is 0 Å². The lowest BCUT2D eigenvalue weighted by Crippen LogP contribution is -2.00. The molecule has 2 aromatic heterocycles. The van der Waals surface area contributed by atoms with Crippen molar-refractivity contribution in [2.24, 2.45) is 0 Å². The number of hydrogen-bond donors (Lipinski definition) is 0. The van der Waals surface area contributed by atoms with Crippen molar-refractivity contribution in [3.8, 4) is 67.5 Å². The van der Waals surface area contributed by atoms with Gasteiger partial charge in [-0.2, -0.15) is 0 Å². The molecule has 3 nitrogen and oxygen atoms in total. The van der Waals surface area contributed by atoms with Gasteiger partial charge in [-0.15, -0.1) is 11.3 Å². The first-order valence-corrected chi connectivity index (χ1v) is 20.0. The third-order valence-electron chi connectivity index (χ3n) is 10.9. The Bertz CT molecular complexity index is 3200. The van der Waals surface area contributed by atoms with E-state index in [0.717, 1.165) is 22.3 Å². The molecular formula is C53H33N3S. The van der Waals surface area contributed by atoms with Crippen molar-refractivity contribution in [1.82, 2.24) is 15.0 Å². The highest BCUT2D eigenvalue weighted by Crippen LogP contribution is 2.45. The summed E-state index contributed by atoms with van der Waals surface area (Å²) < 4.78 is 2.56. The van der Waals surface area contributed by atoms with Crippen LogP contribution in [0.3, 0.4) is 0 Å². The standard InChI is InChI=1S/C53H33N3S/c1-3-12-38(13-4-1)51-54-52(39-14-5-2-6-15-39)56-53(55-51)40-26-24-37(25-27-40)49-45(31-32-48-50(49)46-17-9-10-18-47(46)57-48)36-21-19-34(20-22-36)41-29-30-44-42(33-41)28-23-35-11-7-8-16-43(35)44/h1-33H. The molecule has 0 saturated carbocycles. The molecule has 0 bridgehead atoms. The van der Waals surface area contributed by atoms with Crippen molar-refractivity contribution < 1.29 is 0 Å². The minimum Gasteiger partial charge on any atom is -0.208 e. The second kappa shape index (κ2) is 13.8. The molecular weight excluding hydrogens is 711 g/mol. The lowest BCUT2D eigenvalue weighted by molar-refractivity contribution is 1.07. The monoisotopic (exact) mass is 743 g/mol. The molecule has 11 rings (SSSR count). The van der Waals surface area contributed by atoms with Gasteiger partial charge in [0.15, 0.2) is 17.5 Å². The average Bonchev–Trinajstić information content (AvgIpc) is 3.68. The number of rotatable bonds is 6. The van der Waals surface area contributed by atoms with Gasteiger partial charge >= 0.3 is 0 Å². The van der Waals surface area contributed by atoms with E-state index >= 15 is 0 Å². The normalized spacial score (nSPS) is 11.5. The van der Waals surface area contributed by atoms with Crippen LogP contribution in [-0.2, 0) is 0 Å². The molecule has 4 heteroatoms. The van der Waals surface area contributed by atoms with Crippen LogP contribution in [0.1, 0.15) is 0 Å². The fourth-order valence-corrected chi connectivity index (χ4v) is 9.23. The van der Waals surface area contributed by atoms with E-state index in [1.807, 2.05) is 72.0 Å². The summed E-state index contributed by atoms with van der Waals surface area (Å²) in [6, 6.07) is 71.3. The summed E-state index contributed by atoms with van der Waals surface area (Å²) in [4.78, 5) is 14.9. The van der Waals surface area contributed by atoms with Crippen molar-refractivity contribution in [3.63, 3.8) is 0 Å². The van der Waals surface area contributed by atoms with Crippen molar-refractivity contribution in [1.29, 1.82) is 0 Å². The highest BCUT2D eigenvalue weighted by Gasteiger charge is 2.18. The molecule has 0 saturated heterocycles. The number of benzene rings is 9. The molecule has 0 aliphatic rings. The van der Waals surface area contributed by atoms with Crippen LogP contribution in [0.25, 0.3) is 109 Å². The first kappa shape index (κ1) is 33.1. The van der Waals surface area contributed by atoms with Gasteiger partial charge in [0.2, 0.25) is 0 Å². The fourth-order valence-electron chi connectivity index (χ4n) is 8.12. The summed E-state index contributed by atoms with van der Waals surface area (Å²) in [5.41, 5.74) is 10.0. The SMILES string of the molecule is c1ccc(-c2nc(-c3ccccc3)nc(-c3ccc(-c4c(-c5ccc(-c6ccc7c(ccc8ccccc87)c6)cc5)ccc5sc6ccccc6c45)cc3)n2)cc1. The molecule has 0 fully saturated rings. The summed E-state index contributed by atoms with van der Waals surface area (Å²) >= 11 is 1.85. The molecule has 0 unspecified atom stereocenters. The number of fused-ring (bicyclic) bond motifs is 6. The van der Waals surface area contributed by atoms with E-state index < -0.39 is 0 Å². The highest BCUT2D eigenvalue weighted by molar-refractivity contribution is 7.26. The van der Waals surface area contributed by atoms with Crippen LogP contribution >= 0.6 is 11.3 Å². The first-order chi connectivity index (χ1) is 28.2. The van der Waals surface area contributed by atoms with Crippen molar-refractivity contribution in [2.45, 2.75) is 0 Å². The lowest BCUT2D eigenvalue weighted by Gasteiger charge is -2.15. The molecule has 0 radical (unpaired) electrons. The third kappa shape index (κ3) is 5.95. The maximum atomic E-state index is 4.99. The minimum absolute atomic E-state index is 0.645. The Balaban J connectivity index is 1.02. The van der Waals surface area contributed by atoms with Gasteiger partial charge < -0.3 is 0 Å². The van der Waals surface area contributed by atoms with Crippen LogP contribution in [0.15, 0.2) is 200 Å². The number of aromatic nitrogens is 3. The molecule has 0 N–H and O–H groups in total. The summed E-state index contributed by atoms with van der Waals surface area (Å²) in [6.07, 6.45) is 0. The van der Waals surface area contributed by atoms with E-state index in [1.165, 1.54) is 69.5 Å². The van der Waals surface area contributed by atoms with Gasteiger partial charge in [0.05, 0.1) is 0 Å². The fraction of sp³-hybridized carbons (Fsp3) is 0. The summed E-state index contributed by atoms with van der Waals surface area (Å²) in [7, 11) is 0. The van der Waals surface area contributed by atoms with Crippen LogP contribution in [0.4, 0.5) is 0 Å². The van der Waals surface area contributed by atoms with Crippen molar-refractivity contribution in [3.05, 3.63) is 200 Å². The molecule has 0 aliphatic carbocycles. The van der Waals surface area contributed by atoms with Crippen molar-refractivity contribution >= 4 is 53.1 Å².